The third kappa shape index (κ3) is 3.42. The van der Waals surface area contributed by atoms with Crippen LogP contribution in [0.15, 0.2) is 41.3 Å². The van der Waals surface area contributed by atoms with E-state index in [1.54, 1.807) is 30.0 Å². The largest absolute Gasteiger partial charge is 0.478 e. The van der Waals surface area contributed by atoms with Crippen molar-refractivity contribution in [3.63, 3.8) is 0 Å². The number of aryl methyl sites for hydroxylation is 3. The molecule has 0 aliphatic rings. The second-order valence-electron chi connectivity index (χ2n) is 5.00. The van der Waals surface area contributed by atoms with Gasteiger partial charge in [-0.05, 0) is 55.7 Å². The summed E-state index contributed by atoms with van der Waals surface area (Å²) in [6, 6.07) is 11.5. The predicted molar refractivity (Wildman–Crippen MR) is 83.6 cm³/mol. The van der Waals surface area contributed by atoms with E-state index in [1.807, 2.05) is 6.07 Å². The summed E-state index contributed by atoms with van der Waals surface area (Å²) < 4.78 is 0. The van der Waals surface area contributed by atoms with Gasteiger partial charge in [0.05, 0.1) is 5.56 Å². The molecule has 0 saturated heterocycles. The maximum atomic E-state index is 11.0. The van der Waals surface area contributed by atoms with Crippen LogP contribution >= 0.6 is 11.8 Å². The molecule has 0 fully saturated rings. The molecule has 0 aliphatic carbocycles. The molecule has 0 atom stereocenters. The summed E-state index contributed by atoms with van der Waals surface area (Å²) in [5.41, 5.74) is 5.55. The Balaban J connectivity index is 2.17. The minimum absolute atomic E-state index is 0.340. The van der Waals surface area contributed by atoms with E-state index >= 15 is 0 Å². The number of rotatable bonds is 4. The lowest BCUT2D eigenvalue weighted by atomic mass is 10.0. The average molecular weight is 286 g/mol. The van der Waals surface area contributed by atoms with Gasteiger partial charge in [-0.1, -0.05) is 23.8 Å². The molecule has 0 spiro atoms. The maximum Gasteiger partial charge on any atom is 0.335 e. The van der Waals surface area contributed by atoms with Gasteiger partial charge in [0.2, 0.25) is 0 Å². The highest BCUT2D eigenvalue weighted by molar-refractivity contribution is 7.98. The van der Waals surface area contributed by atoms with Crippen LogP contribution in [0.25, 0.3) is 0 Å². The SMILES string of the molecule is Cc1cc(C)c(CSc2cccc(C(=O)O)c2)c(C)c1. The fourth-order valence-electron chi connectivity index (χ4n) is 2.31. The normalized spacial score (nSPS) is 10.6. The molecule has 0 aromatic heterocycles. The number of carbonyl (C=O) groups is 1. The number of thioether (sulfide) groups is 1. The quantitative estimate of drug-likeness (QED) is 0.834. The Morgan fingerprint density at radius 3 is 2.35 bits per heavy atom. The zero-order valence-corrected chi connectivity index (χ0v) is 12.8. The molecular formula is C17H18O2S. The van der Waals surface area contributed by atoms with Gasteiger partial charge in [0.25, 0.3) is 0 Å². The molecule has 2 rings (SSSR count). The zero-order chi connectivity index (χ0) is 14.7. The van der Waals surface area contributed by atoms with Crippen molar-refractivity contribution >= 4 is 17.7 Å². The lowest BCUT2D eigenvalue weighted by Crippen LogP contribution is -1.96. The average Bonchev–Trinajstić information content (AvgIpc) is 2.37. The molecule has 0 saturated carbocycles. The van der Waals surface area contributed by atoms with Crippen molar-refractivity contribution in [2.24, 2.45) is 0 Å². The lowest BCUT2D eigenvalue weighted by molar-refractivity contribution is 0.0696. The van der Waals surface area contributed by atoms with Gasteiger partial charge in [-0.2, -0.15) is 0 Å². The molecule has 0 radical (unpaired) electrons. The Kier molecular flexibility index (Phi) is 4.50. The monoisotopic (exact) mass is 286 g/mol. The van der Waals surface area contributed by atoms with Crippen molar-refractivity contribution in [1.82, 2.24) is 0 Å². The van der Waals surface area contributed by atoms with Crippen LogP contribution in [0.4, 0.5) is 0 Å². The van der Waals surface area contributed by atoms with Gasteiger partial charge in [0, 0.05) is 10.6 Å². The van der Waals surface area contributed by atoms with Crippen molar-refractivity contribution < 1.29 is 9.90 Å². The van der Waals surface area contributed by atoms with Crippen LogP contribution in [0.1, 0.15) is 32.6 Å². The molecule has 20 heavy (non-hydrogen) atoms. The number of aromatic carboxylic acids is 1. The summed E-state index contributed by atoms with van der Waals surface area (Å²) in [5.74, 6) is -0.0174. The third-order valence-corrected chi connectivity index (χ3v) is 4.32. The number of carboxylic acid groups (broad SMARTS) is 1. The van der Waals surface area contributed by atoms with E-state index in [4.69, 9.17) is 5.11 Å². The van der Waals surface area contributed by atoms with Crippen molar-refractivity contribution in [3.8, 4) is 0 Å². The van der Waals surface area contributed by atoms with Crippen molar-refractivity contribution in [2.75, 3.05) is 0 Å². The van der Waals surface area contributed by atoms with Crippen molar-refractivity contribution in [1.29, 1.82) is 0 Å². The summed E-state index contributed by atoms with van der Waals surface area (Å²) in [6.45, 7) is 6.36. The van der Waals surface area contributed by atoms with E-state index in [0.29, 0.717) is 5.56 Å². The third-order valence-electron chi connectivity index (χ3n) is 3.30. The molecule has 104 valence electrons. The molecule has 0 heterocycles. The van der Waals surface area contributed by atoms with Crippen molar-refractivity contribution in [2.45, 2.75) is 31.4 Å². The number of hydrogen-bond donors (Lipinski definition) is 1. The Hall–Kier alpha value is -1.74. The second kappa shape index (κ2) is 6.14. The Morgan fingerprint density at radius 2 is 1.75 bits per heavy atom. The van der Waals surface area contributed by atoms with Crippen molar-refractivity contribution in [3.05, 3.63) is 64.2 Å². The summed E-state index contributed by atoms with van der Waals surface area (Å²) in [7, 11) is 0. The first kappa shape index (κ1) is 14.7. The summed E-state index contributed by atoms with van der Waals surface area (Å²) in [5, 5.41) is 9.00. The van der Waals surface area contributed by atoms with E-state index in [9.17, 15) is 4.79 Å². The standard InChI is InChI=1S/C17H18O2S/c1-11-7-12(2)16(13(3)8-11)10-20-15-6-4-5-14(9-15)17(18)19/h4-9H,10H2,1-3H3,(H,18,19). The van der Waals surface area contributed by atoms with E-state index < -0.39 is 5.97 Å². The summed E-state index contributed by atoms with van der Waals surface area (Å²) in [4.78, 5) is 12.0. The maximum absolute atomic E-state index is 11.0. The Morgan fingerprint density at radius 1 is 1.10 bits per heavy atom. The highest BCUT2D eigenvalue weighted by atomic mass is 32.2. The van der Waals surface area contributed by atoms with Gasteiger partial charge in [-0.15, -0.1) is 11.8 Å². The molecule has 0 amide bonds. The van der Waals surface area contributed by atoms with Crippen LogP contribution in [0.3, 0.4) is 0 Å². The van der Waals surface area contributed by atoms with Crippen LogP contribution in [0.2, 0.25) is 0 Å². The first-order valence-electron chi connectivity index (χ1n) is 6.50. The summed E-state index contributed by atoms with van der Waals surface area (Å²) >= 11 is 1.68. The number of carboxylic acids is 1. The Bertz CT molecular complexity index is 624. The van der Waals surface area contributed by atoms with Gasteiger partial charge >= 0.3 is 5.97 Å². The van der Waals surface area contributed by atoms with E-state index in [1.165, 1.54) is 22.3 Å². The van der Waals surface area contributed by atoms with E-state index in [-0.39, 0.29) is 0 Å². The minimum Gasteiger partial charge on any atom is -0.478 e. The predicted octanol–water partition coefficient (Wildman–Crippen LogP) is 4.60. The highest BCUT2D eigenvalue weighted by Crippen LogP contribution is 2.27. The van der Waals surface area contributed by atoms with Crippen LogP contribution in [-0.4, -0.2) is 11.1 Å². The van der Waals surface area contributed by atoms with Crippen LogP contribution in [-0.2, 0) is 5.75 Å². The lowest BCUT2D eigenvalue weighted by Gasteiger charge is -2.11. The molecule has 0 unspecified atom stereocenters. The van der Waals surface area contributed by atoms with Gasteiger partial charge < -0.3 is 5.11 Å². The topological polar surface area (TPSA) is 37.3 Å². The second-order valence-corrected chi connectivity index (χ2v) is 6.05. The molecular weight excluding hydrogens is 268 g/mol. The molecule has 3 heteroatoms. The van der Waals surface area contributed by atoms with Crippen LogP contribution < -0.4 is 0 Å². The minimum atomic E-state index is -0.879. The molecule has 2 aromatic rings. The number of benzene rings is 2. The molecule has 1 N–H and O–H groups in total. The number of hydrogen-bond acceptors (Lipinski definition) is 2. The van der Waals surface area contributed by atoms with E-state index in [2.05, 4.69) is 32.9 Å². The van der Waals surface area contributed by atoms with Gasteiger partial charge in [0.1, 0.15) is 0 Å². The van der Waals surface area contributed by atoms with Gasteiger partial charge in [0.15, 0.2) is 0 Å². The van der Waals surface area contributed by atoms with E-state index in [0.717, 1.165) is 10.6 Å². The first-order chi connectivity index (χ1) is 9.47. The molecule has 2 aromatic carbocycles. The fourth-order valence-corrected chi connectivity index (χ4v) is 3.46. The van der Waals surface area contributed by atoms with Gasteiger partial charge in [-0.3, -0.25) is 0 Å². The van der Waals surface area contributed by atoms with Crippen LogP contribution in [0.5, 0.6) is 0 Å². The molecule has 0 bridgehead atoms. The van der Waals surface area contributed by atoms with Gasteiger partial charge in [-0.25, -0.2) is 4.79 Å². The van der Waals surface area contributed by atoms with Crippen LogP contribution in [0, 0.1) is 20.8 Å². The molecule has 0 aliphatic heterocycles. The zero-order valence-electron chi connectivity index (χ0n) is 11.9. The molecule has 2 nitrogen and oxygen atoms in total. The summed E-state index contributed by atoms with van der Waals surface area (Å²) in [6.07, 6.45) is 0. The Labute approximate surface area is 123 Å². The fraction of sp³-hybridized carbons (Fsp3) is 0.235. The first-order valence-corrected chi connectivity index (χ1v) is 7.49. The highest BCUT2D eigenvalue weighted by Gasteiger charge is 2.07. The smallest absolute Gasteiger partial charge is 0.335 e.